The van der Waals surface area contributed by atoms with Crippen molar-refractivity contribution in [1.82, 2.24) is 20.2 Å². The molecule has 21 heavy (non-hydrogen) atoms. The second-order valence-electron chi connectivity index (χ2n) is 5.82. The van der Waals surface area contributed by atoms with Gasteiger partial charge in [0.2, 0.25) is 10.0 Å². The van der Waals surface area contributed by atoms with Crippen LogP contribution in [0.5, 0.6) is 0 Å². The molecule has 1 heterocycles. The topological polar surface area (TPSA) is 86.9 Å². The Labute approximate surface area is 128 Å². The van der Waals surface area contributed by atoms with Gasteiger partial charge in [-0.1, -0.05) is 33.6 Å². The van der Waals surface area contributed by atoms with Gasteiger partial charge in [-0.2, -0.15) is 5.10 Å². The number of H-pyrrole nitrogens is 1. The van der Waals surface area contributed by atoms with Crippen LogP contribution in [0.3, 0.4) is 0 Å². The molecule has 0 amide bonds. The molecule has 0 aliphatic rings. The average Bonchev–Trinajstić information content (AvgIpc) is 2.75. The lowest BCUT2D eigenvalue weighted by Crippen LogP contribution is -2.34. The molecule has 0 radical (unpaired) electrons. The van der Waals surface area contributed by atoms with E-state index in [0.29, 0.717) is 17.9 Å². The van der Waals surface area contributed by atoms with Crippen molar-refractivity contribution in [3.05, 3.63) is 11.4 Å². The zero-order valence-electron chi connectivity index (χ0n) is 13.7. The van der Waals surface area contributed by atoms with Crippen molar-refractivity contribution in [1.29, 1.82) is 0 Å². The molecule has 1 aromatic rings. The van der Waals surface area contributed by atoms with E-state index < -0.39 is 10.0 Å². The fraction of sp³-hybridized carbons (Fsp3) is 0.786. The van der Waals surface area contributed by atoms with E-state index in [1.165, 1.54) is 0 Å². The van der Waals surface area contributed by atoms with E-state index >= 15 is 0 Å². The lowest BCUT2D eigenvalue weighted by atomic mass is 10.2. The minimum Gasteiger partial charge on any atom is -0.309 e. The third kappa shape index (κ3) is 5.41. The number of nitrogens with zero attached hydrogens (tertiary/aromatic N) is 1. The van der Waals surface area contributed by atoms with Crippen LogP contribution in [0.2, 0.25) is 0 Å². The summed E-state index contributed by atoms with van der Waals surface area (Å²) in [6.45, 7) is 10.2. The number of aromatic nitrogens is 2. The Morgan fingerprint density at radius 2 is 1.95 bits per heavy atom. The Hall–Kier alpha value is -0.920. The number of sulfonamides is 1. The number of rotatable bonds is 9. The van der Waals surface area contributed by atoms with Crippen molar-refractivity contribution in [3.8, 4) is 0 Å². The Bertz CT molecular complexity index is 537. The molecular weight excluding hydrogens is 288 g/mol. The first-order valence-corrected chi connectivity index (χ1v) is 9.05. The lowest BCUT2D eigenvalue weighted by molar-refractivity contribution is 0.530. The quantitative estimate of drug-likeness (QED) is 0.651. The number of unbranched alkanes of at least 4 members (excludes halogenated alkanes) is 1. The van der Waals surface area contributed by atoms with Crippen LogP contribution in [0.4, 0.5) is 0 Å². The van der Waals surface area contributed by atoms with Gasteiger partial charge in [0.1, 0.15) is 4.90 Å². The molecule has 0 spiro atoms. The summed E-state index contributed by atoms with van der Waals surface area (Å²) >= 11 is 0. The Kier molecular flexibility index (Phi) is 6.83. The van der Waals surface area contributed by atoms with Gasteiger partial charge in [-0.05, 0) is 20.3 Å². The minimum atomic E-state index is -3.54. The number of aryl methyl sites for hydroxylation is 1. The van der Waals surface area contributed by atoms with Crippen LogP contribution >= 0.6 is 0 Å². The summed E-state index contributed by atoms with van der Waals surface area (Å²) in [4.78, 5) is 0.277. The summed E-state index contributed by atoms with van der Waals surface area (Å²) in [6.07, 6.45) is 2.91. The van der Waals surface area contributed by atoms with Gasteiger partial charge in [-0.15, -0.1) is 0 Å². The standard InChI is InChI=1S/C14H28N4O2S/c1-6-7-8-11(4)18-21(19,20)14-12(5)16-17-13(14)9-15-10(2)3/h10-11,15,18H,6-9H2,1-5H3,(H,16,17). The molecule has 1 unspecified atom stereocenters. The molecule has 0 bridgehead atoms. The normalized spacial score (nSPS) is 13.8. The maximum Gasteiger partial charge on any atom is 0.244 e. The van der Waals surface area contributed by atoms with Gasteiger partial charge in [0.05, 0.1) is 11.4 Å². The van der Waals surface area contributed by atoms with Crippen molar-refractivity contribution in [3.63, 3.8) is 0 Å². The van der Waals surface area contributed by atoms with E-state index in [4.69, 9.17) is 0 Å². The predicted molar refractivity (Wildman–Crippen MR) is 84.6 cm³/mol. The van der Waals surface area contributed by atoms with Crippen molar-refractivity contribution >= 4 is 10.0 Å². The monoisotopic (exact) mass is 316 g/mol. The molecule has 1 aromatic heterocycles. The number of aromatic amines is 1. The molecule has 122 valence electrons. The highest BCUT2D eigenvalue weighted by atomic mass is 32.2. The van der Waals surface area contributed by atoms with Crippen LogP contribution in [-0.4, -0.2) is 30.7 Å². The SMILES string of the molecule is CCCCC(C)NS(=O)(=O)c1c(CNC(C)C)n[nH]c1C. The van der Waals surface area contributed by atoms with E-state index in [0.717, 1.165) is 19.3 Å². The molecule has 1 rings (SSSR count). The van der Waals surface area contributed by atoms with Gasteiger partial charge in [0, 0.05) is 18.6 Å². The largest absolute Gasteiger partial charge is 0.309 e. The second-order valence-corrected chi connectivity index (χ2v) is 7.48. The summed E-state index contributed by atoms with van der Waals surface area (Å²) in [5.41, 5.74) is 1.11. The number of hydrogen-bond acceptors (Lipinski definition) is 4. The average molecular weight is 316 g/mol. The molecule has 0 saturated carbocycles. The smallest absolute Gasteiger partial charge is 0.244 e. The zero-order chi connectivity index (χ0) is 16.0. The molecule has 6 nitrogen and oxygen atoms in total. The third-order valence-electron chi connectivity index (χ3n) is 3.25. The van der Waals surface area contributed by atoms with E-state index in [1.54, 1.807) is 6.92 Å². The highest BCUT2D eigenvalue weighted by molar-refractivity contribution is 7.89. The molecule has 1 atom stereocenters. The molecule has 0 aromatic carbocycles. The van der Waals surface area contributed by atoms with E-state index in [1.807, 2.05) is 20.8 Å². The summed E-state index contributed by atoms with van der Waals surface area (Å²) in [6, 6.07) is 0.198. The molecular formula is C14H28N4O2S. The van der Waals surface area contributed by atoms with E-state index in [2.05, 4.69) is 27.2 Å². The maximum absolute atomic E-state index is 12.6. The molecule has 0 fully saturated rings. The van der Waals surface area contributed by atoms with E-state index in [9.17, 15) is 8.42 Å². The summed E-state index contributed by atoms with van der Waals surface area (Å²) in [5.74, 6) is 0. The van der Waals surface area contributed by atoms with Gasteiger partial charge in [-0.25, -0.2) is 13.1 Å². The predicted octanol–water partition coefficient (Wildman–Crippen LogP) is 2.07. The summed E-state index contributed by atoms with van der Waals surface area (Å²) in [5, 5.41) is 10.1. The first-order chi connectivity index (χ1) is 9.77. The second kappa shape index (κ2) is 7.91. The first-order valence-electron chi connectivity index (χ1n) is 7.57. The van der Waals surface area contributed by atoms with Crippen LogP contribution in [-0.2, 0) is 16.6 Å². The van der Waals surface area contributed by atoms with E-state index in [-0.39, 0.29) is 17.0 Å². The molecule has 0 aliphatic carbocycles. The van der Waals surface area contributed by atoms with Gasteiger partial charge < -0.3 is 5.32 Å². The number of nitrogens with one attached hydrogen (secondary N) is 3. The molecule has 7 heteroatoms. The highest BCUT2D eigenvalue weighted by Crippen LogP contribution is 2.18. The van der Waals surface area contributed by atoms with Crippen molar-refractivity contribution < 1.29 is 8.42 Å². The molecule has 0 aliphatic heterocycles. The van der Waals surface area contributed by atoms with Crippen LogP contribution < -0.4 is 10.0 Å². The highest BCUT2D eigenvalue weighted by Gasteiger charge is 2.25. The van der Waals surface area contributed by atoms with Crippen LogP contribution in [0.25, 0.3) is 0 Å². The fourth-order valence-corrected chi connectivity index (χ4v) is 3.78. The fourth-order valence-electron chi connectivity index (χ4n) is 2.14. The summed E-state index contributed by atoms with van der Waals surface area (Å²) in [7, 11) is -3.54. The zero-order valence-corrected chi connectivity index (χ0v) is 14.5. The molecule has 3 N–H and O–H groups in total. The van der Waals surface area contributed by atoms with Gasteiger partial charge in [0.25, 0.3) is 0 Å². The Morgan fingerprint density at radius 1 is 1.29 bits per heavy atom. The number of hydrogen-bond donors (Lipinski definition) is 3. The minimum absolute atomic E-state index is 0.0739. The van der Waals surface area contributed by atoms with Crippen molar-refractivity contribution in [2.24, 2.45) is 0 Å². The molecule has 0 saturated heterocycles. The first kappa shape index (κ1) is 18.1. The van der Waals surface area contributed by atoms with Crippen LogP contribution in [0.15, 0.2) is 4.90 Å². The Morgan fingerprint density at radius 3 is 2.52 bits per heavy atom. The summed E-state index contributed by atoms with van der Waals surface area (Å²) < 4.78 is 27.9. The third-order valence-corrected chi connectivity index (χ3v) is 5.05. The lowest BCUT2D eigenvalue weighted by Gasteiger charge is -2.15. The maximum atomic E-state index is 12.6. The van der Waals surface area contributed by atoms with Crippen molar-refractivity contribution in [2.45, 2.75) is 77.4 Å². The van der Waals surface area contributed by atoms with Crippen molar-refractivity contribution in [2.75, 3.05) is 0 Å². The van der Waals surface area contributed by atoms with Gasteiger partial charge in [0.15, 0.2) is 0 Å². The van der Waals surface area contributed by atoms with Crippen LogP contribution in [0.1, 0.15) is 58.3 Å². The van der Waals surface area contributed by atoms with Crippen LogP contribution in [0, 0.1) is 6.92 Å². The van der Waals surface area contributed by atoms with Gasteiger partial charge >= 0.3 is 0 Å². The van der Waals surface area contributed by atoms with Gasteiger partial charge in [-0.3, -0.25) is 5.10 Å². The Balaban J connectivity index is 2.89.